The van der Waals surface area contributed by atoms with E-state index in [9.17, 15) is 9.59 Å². The maximum Gasteiger partial charge on any atom is 0.404 e. The highest BCUT2D eigenvalue weighted by atomic mass is 16.5. The molecule has 3 rings (SSSR count). The Morgan fingerprint density at radius 1 is 1.39 bits per heavy atom. The van der Waals surface area contributed by atoms with Crippen molar-refractivity contribution in [3.05, 3.63) is 34.4 Å². The Morgan fingerprint density at radius 2 is 2.13 bits per heavy atom. The number of carbonyl (C=O) groups is 2. The minimum atomic E-state index is -0.936. The summed E-state index contributed by atoms with van der Waals surface area (Å²) >= 11 is 0. The summed E-state index contributed by atoms with van der Waals surface area (Å²) in [6.45, 7) is 5.22. The molecule has 6 heteroatoms. The number of amides is 1. The summed E-state index contributed by atoms with van der Waals surface area (Å²) in [6.07, 6.45) is 1.72. The number of ether oxygens (including phenoxy) is 1. The van der Waals surface area contributed by atoms with Gasteiger partial charge < -0.3 is 20.1 Å². The van der Waals surface area contributed by atoms with Gasteiger partial charge in [-0.05, 0) is 43.4 Å². The lowest BCUT2D eigenvalue weighted by molar-refractivity contribution is 0.0535. The van der Waals surface area contributed by atoms with Crippen molar-refractivity contribution in [3.8, 4) is 0 Å². The first-order chi connectivity index (χ1) is 11.0. The third-order valence-corrected chi connectivity index (χ3v) is 4.89. The molecule has 2 heterocycles. The Kier molecular flexibility index (Phi) is 4.52. The average Bonchev–Trinajstić information content (AvgIpc) is 2.90. The molecule has 1 amide bonds. The number of fused-ring (bicyclic) bond motifs is 1. The van der Waals surface area contributed by atoms with E-state index in [2.05, 4.69) is 17.1 Å². The van der Waals surface area contributed by atoms with Crippen LogP contribution in [0.15, 0.2) is 12.1 Å². The fourth-order valence-corrected chi connectivity index (χ4v) is 3.42. The van der Waals surface area contributed by atoms with Crippen LogP contribution in [0.5, 0.6) is 0 Å². The summed E-state index contributed by atoms with van der Waals surface area (Å²) in [4.78, 5) is 24.6. The predicted molar refractivity (Wildman–Crippen MR) is 84.6 cm³/mol. The van der Waals surface area contributed by atoms with Gasteiger partial charge in [-0.25, -0.2) is 9.59 Å². The number of carboxylic acid groups (broad SMARTS) is 1. The molecule has 23 heavy (non-hydrogen) atoms. The summed E-state index contributed by atoms with van der Waals surface area (Å²) in [7, 11) is 0. The highest BCUT2D eigenvalue weighted by molar-refractivity contribution is 5.93. The average molecular weight is 318 g/mol. The molecular formula is C17H22N2O4. The number of likely N-dealkylation sites (tertiary alicyclic amines) is 1. The van der Waals surface area contributed by atoms with Gasteiger partial charge in [-0.1, -0.05) is 6.07 Å². The summed E-state index contributed by atoms with van der Waals surface area (Å²) in [5.74, 6) is -0.220. The summed E-state index contributed by atoms with van der Waals surface area (Å²) in [6, 6.07) is 3.98. The predicted octanol–water partition coefficient (Wildman–Crippen LogP) is 1.94. The highest BCUT2D eigenvalue weighted by Crippen LogP contribution is 2.26. The van der Waals surface area contributed by atoms with E-state index in [1.54, 1.807) is 0 Å². The number of cyclic esters (lactones) is 1. The van der Waals surface area contributed by atoms with Crippen LogP contribution in [-0.2, 0) is 17.8 Å². The van der Waals surface area contributed by atoms with Crippen LogP contribution in [0.3, 0.4) is 0 Å². The lowest BCUT2D eigenvalue weighted by atomic mass is 9.96. The van der Waals surface area contributed by atoms with Gasteiger partial charge in [0.2, 0.25) is 0 Å². The van der Waals surface area contributed by atoms with Crippen LogP contribution < -0.4 is 5.32 Å². The molecule has 0 bridgehead atoms. The van der Waals surface area contributed by atoms with Crippen LogP contribution in [0.2, 0.25) is 0 Å². The van der Waals surface area contributed by atoms with Crippen LogP contribution in [0.1, 0.15) is 39.9 Å². The lowest BCUT2D eigenvalue weighted by Gasteiger charge is -2.31. The molecule has 0 unspecified atom stereocenters. The second-order valence-electron chi connectivity index (χ2n) is 6.27. The molecule has 2 N–H and O–H groups in total. The first-order valence-corrected chi connectivity index (χ1v) is 8.05. The zero-order chi connectivity index (χ0) is 16.4. The Labute approximate surface area is 135 Å². The molecule has 1 aromatic rings. The van der Waals surface area contributed by atoms with E-state index in [4.69, 9.17) is 9.84 Å². The Hall–Kier alpha value is -2.08. The van der Waals surface area contributed by atoms with Gasteiger partial charge in [0.15, 0.2) is 0 Å². The van der Waals surface area contributed by atoms with E-state index in [1.807, 2.05) is 12.1 Å². The Morgan fingerprint density at radius 3 is 2.83 bits per heavy atom. The molecule has 2 aliphatic heterocycles. The number of nitrogens with one attached hydrogen (secondary N) is 1. The van der Waals surface area contributed by atoms with Gasteiger partial charge in [0.25, 0.3) is 0 Å². The number of rotatable bonds is 4. The Balaban J connectivity index is 1.54. The van der Waals surface area contributed by atoms with Gasteiger partial charge in [-0.2, -0.15) is 0 Å². The normalized spacial score (nSPS) is 18.6. The van der Waals surface area contributed by atoms with E-state index >= 15 is 0 Å². The minimum absolute atomic E-state index is 0.0774. The van der Waals surface area contributed by atoms with Gasteiger partial charge in [0.05, 0.1) is 5.56 Å². The van der Waals surface area contributed by atoms with E-state index in [0.717, 1.165) is 50.0 Å². The van der Waals surface area contributed by atoms with Crippen LogP contribution in [-0.4, -0.2) is 47.7 Å². The first-order valence-electron chi connectivity index (χ1n) is 8.05. The molecule has 0 aliphatic carbocycles. The molecule has 0 atom stereocenters. The van der Waals surface area contributed by atoms with Crippen LogP contribution in [0.4, 0.5) is 4.79 Å². The maximum atomic E-state index is 11.6. The van der Waals surface area contributed by atoms with Gasteiger partial charge in [0.1, 0.15) is 6.61 Å². The Bertz CT molecular complexity index is 621. The monoisotopic (exact) mass is 318 g/mol. The lowest BCUT2D eigenvalue weighted by Crippen LogP contribution is -2.44. The molecular weight excluding hydrogens is 296 g/mol. The second kappa shape index (κ2) is 6.58. The van der Waals surface area contributed by atoms with Crippen molar-refractivity contribution in [2.75, 3.05) is 19.6 Å². The molecule has 2 aliphatic rings. The topological polar surface area (TPSA) is 78.9 Å². The number of piperidine rings is 1. The summed E-state index contributed by atoms with van der Waals surface area (Å²) in [5.41, 5.74) is 4.15. The van der Waals surface area contributed by atoms with E-state index in [-0.39, 0.29) is 12.0 Å². The van der Waals surface area contributed by atoms with Crippen LogP contribution in [0, 0.1) is 6.92 Å². The van der Waals surface area contributed by atoms with E-state index in [1.165, 1.54) is 5.56 Å². The SMILES string of the molecule is Cc1c(CCN2CCC(NC(=O)O)CC2)ccc2c1COC2=O. The first kappa shape index (κ1) is 15.8. The van der Waals surface area contributed by atoms with Gasteiger partial charge in [-0.15, -0.1) is 0 Å². The zero-order valence-electron chi connectivity index (χ0n) is 13.3. The fraction of sp³-hybridized carbons (Fsp3) is 0.529. The van der Waals surface area contributed by atoms with E-state index < -0.39 is 6.09 Å². The molecule has 124 valence electrons. The number of nitrogens with zero attached hydrogens (tertiary/aromatic N) is 1. The number of hydrogen-bond donors (Lipinski definition) is 2. The smallest absolute Gasteiger partial charge is 0.404 e. The third-order valence-electron chi connectivity index (χ3n) is 4.89. The zero-order valence-corrected chi connectivity index (χ0v) is 13.3. The number of benzene rings is 1. The molecule has 0 spiro atoms. The van der Waals surface area contributed by atoms with Crippen molar-refractivity contribution in [1.82, 2.24) is 10.2 Å². The second-order valence-corrected chi connectivity index (χ2v) is 6.27. The summed E-state index contributed by atoms with van der Waals surface area (Å²) in [5, 5.41) is 11.3. The number of esters is 1. The van der Waals surface area contributed by atoms with E-state index in [0.29, 0.717) is 12.2 Å². The van der Waals surface area contributed by atoms with Crippen molar-refractivity contribution >= 4 is 12.1 Å². The van der Waals surface area contributed by atoms with Gasteiger partial charge in [-0.3, -0.25) is 0 Å². The van der Waals surface area contributed by atoms with Crippen LogP contribution in [0.25, 0.3) is 0 Å². The van der Waals surface area contributed by atoms with Crippen LogP contribution >= 0.6 is 0 Å². The molecule has 0 aromatic heterocycles. The third kappa shape index (κ3) is 3.47. The standard InChI is InChI=1S/C17H22N2O4/c1-11-12(2-3-14-15(11)10-23-16(14)20)4-7-19-8-5-13(6-9-19)18-17(21)22/h2-3,13,18H,4-10H2,1H3,(H,21,22). The number of carbonyl (C=O) groups excluding carboxylic acids is 1. The van der Waals surface area contributed by atoms with Crippen molar-refractivity contribution < 1.29 is 19.4 Å². The highest BCUT2D eigenvalue weighted by Gasteiger charge is 2.24. The quantitative estimate of drug-likeness (QED) is 0.830. The molecule has 1 saturated heterocycles. The largest absolute Gasteiger partial charge is 0.465 e. The molecule has 0 radical (unpaired) electrons. The molecule has 6 nitrogen and oxygen atoms in total. The van der Waals surface area contributed by atoms with Crippen molar-refractivity contribution in [3.63, 3.8) is 0 Å². The minimum Gasteiger partial charge on any atom is -0.465 e. The molecule has 1 fully saturated rings. The number of hydrogen-bond acceptors (Lipinski definition) is 4. The van der Waals surface area contributed by atoms with Crippen molar-refractivity contribution in [2.24, 2.45) is 0 Å². The maximum absolute atomic E-state index is 11.6. The molecule has 1 aromatic carbocycles. The fourth-order valence-electron chi connectivity index (χ4n) is 3.42. The van der Waals surface area contributed by atoms with Gasteiger partial charge in [0, 0.05) is 31.2 Å². The van der Waals surface area contributed by atoms with Crippen molar-refractivity contribution in [2.45, 2.75) is 38.8 Å². The van der Waals surface area contributed by atoms with Crippen molar-refractivity contribution in [1.29, 1.82) is 0 Å². The summed E-state index contributed by atoms with van der Waals surface area (Å²) < 4.78 is 5.09. The van der Waals surface area contributed by atoms with Gasteiger partial charge >= 0.3 is 12.1 Å². The molecule has 0 saturated carbocycles.